The maximum atomic E-state index is 13.4. The molecule has 0 N–H and O–H groups in total. The van der Waals surface area contributed by atoms with Gasteiger partial charge in [-0.1, -0.05) is 83.9 Å². The third kappa shape index (κ3) is 4.51. The van der Waals surface area contributed by atoms with Crippen LogP contribution in [0.3, 0.4) is 0 Å². The zero-order valence-corrected chi connectivity index (χ0v) is 19.1. The van der Waals surface area contributed by atoms with Gasteiger partial charge >= 0.3 is 0 Å². The number of benzene rings is 3. The molecule has 1 aliphatic heterocycles. The molecule has 1 amide bonds. The molecule has 2 heterocycles. The molecule has 0 spiro atoms. The first-order valence-electron chi connectivity index (χ1n) is 10.5. The van der Waals surface area contributed by atoms with Gasteiger partial charge in [0.2, 0.25) is 0 Å². The molecular formula is C28H19Cl2NO2. The molecule has 1 aromatic heterocycles. The number of rotatable bonds is 5. The predicted molar refractivity (Wildman–Crippen MR) is 134 cm³/mol. The molecule has 162 valence electrons. The van der Waals surface area contributed by atoms with E-state index in [2.05, 4.69) is 0 Å². The summed E-state index contributed by atoms with van der Waals surface area (Å²) in [5, 5.41) is 1.12. The van der Waals surface area contributed by atoms with Crippen molar-refractivity contribution in [2.75, 3.05) is 0 Å². The van der Waals surface area contributed by atoms with E-state index in [9.17, 15) is 4.79 Å². The highest BCUT2D eigenvalue weighted by atomic mass is 35.5. The van der Waals surface area contributed by atoms with Crippen LogP contribution in [0.4, 0.5) is 0 Å². The molecule has 0 bridgehead atoms. The average molecular weight is 472 g/mol. The Kier molecular flexibility index (Phi) is 5.91. The minimum absolute atomic E-state index is 0.0727. The van der Waals surface area contributed by atoms with E-state index in [1.165, 1.54) is 0 Å². The first-order chi connectivity index (χ1) is 16.1. The Balaban J connectivity index is 1.50. The molecule has 33 heavy (non-hydrogen) atoms. The highest BCUT2D eigenvalue weighted by Crippen LogP contribution is 2.35. The van der Waals surface area contributed by atoms with Gasteiger partial charge in [-0.15, -0.1) is 0 Å². The van der Waals surface area contributed by atoms with Gasteiger partial charge in [-0.3, -0.25) is 4.79 Å². The van der Waals surface area contributed by atoms with Gasteiger partial charge in [-0.05, 0) is 53.6 Å². The Hall–Kier alpha value is -3.53. The summed E-state index contributed by atoms with van der Waals surface area (Å²) in [6, 6.07) is 28.7. The molecule has 0 fully saturated rings. The quantitative estimate of drug-likeness (QED) is 0.279. The summed E-state index contributed by atoms with van der Waals surface area (Å²) in [7, 11) is 0. The van der Waals surface area contributed by atoms with Gasteiger partial charge in [0, 0.05) is 16.2 Å². The summed E-state index contributed by atoms with van der Waals surface area (Å²) in [6.45, 7) is 0.485. The van der Waals surface area contributed by atoms with Crippen molar-refractivity contribution in [3.05, 3.63) is 130 Å². The summed E-state index contributed by atoms with van der Waals surface area (Å²) in [5.41, 5.74) is 4.17. The molecule has 0 atom stereocenters. The SMILES string of the molecule is O=C1C(=Cc2ccc(-c3cc(Cl)ccc3Cl)o2)C=C(c2ccccc2)N1Cc1ccccc1. The minimum atomic E-state index is -0.0727. The fourth-order valence-corrected chi connectivity index (χ4v) is 4.22. The third-order valence-electron chi connectivity index (χ3n) is 5.45. The van der Waals surface area contributed by atoms with E-state index in [4.69, 9.17) is 27.6 Å². The van der Waals surface area contributed by atoms with Crippen LogP contribution in [0.25, 0.3) is 23.1 Å². The van der Waals surface area contributed by atoms with Crippen molar-refractivity contribution in [3.8, 4) is 11.3 Å². The molecular weight excluding hydrogens is 453 g/mol. The summed E-state index contributed by atoms with van der Waals surface area (Å²) >= 11 is 12.4. The number of nitrogens with zero attached hydrogens (tertiary/aromatic N) is 1. The number of carbonyl (C=O) groups excluding carboxylic acids is 1. The van der Waals surface area contributed by atoms with Crippen LogP contribution in [0, 0.1) is 0 Å². The maximum Gasteiger partial charge on any atom is 0.258 e. The highest BCUT2D eigenvalue weighted by Gasteiger charge is 2.29. The summed E-state index contributed by atoms with van der Waals surface area (Å²) in [6.07, 6.45) is 3.67. The smallest absolute Gasteiger partial charge is 0.258 e. The Morgan fingerprint density at radius 2 is 1.58 bits per heavy atom. The van der Waals surface area contributed by atoms with Gasteiger partial charge in [-0.25, -0.2) is 0 Å². The monoisotopic (exact) mass is 471 g/mol. The molecule has 3 aromatic carbocycles. The number of halogens is 2. The summed E-state index contributed by atoms with van der Waals surface area (Å²) in [5.74, 6) is 1.08. The van der Waals surface area contributed by atoms with Crippen LogP contribution in [0.5, 0.6) is 0 Å². The van der Waals surface area contributed by atoms with Gasteiger partial charge in [0.1, 0.15) is 11.5 Å². The van der Waals surface area contributed by atoms with E-state index >= 15 is 0 Å². The van der Waals surface area contributed by atoms with Gasteiger partial charge in [0.25, 0.3) is 5.91 Å². The van der Waals surface area contributed by atoms with Crippen LogP contribution in [0.2, 0.25) is 10.0 Å². The number of hydrogen-bond donors (Lipinski definition) is 0. The normalized spacial score (nSPS) is 14.7. The first-order valence-corrected chi connectivity index (χ1v) is 11.2. The molecule has 1 aliphatic rings. The first kappa shape index (κ1) is 21.3. The molecule has 4 aromatic rings. The van der Waals surface area contributed by atoms with E-state index < -0.39 is 0 Å². The van der Waals surface area contributed by atoms with Crippen LogP contribution >= 0.6 is 23.2 Å². The van der Waals surface area contributed by atoms with Crippen molar-refractivity contribution >= 4 is 40.9 Å². The molecule has 0 saturated carbocycles. The van der Waals surface area contributed by atoms with Crippen molar-refractivity contribution in [3.63, 3.8) is 0 Å². The van der Waals surface area contributed by atoms with Crippen molar-refractivity contribution in [1.82, 2.24) is 4.90 Å². The van der Waals surface area contributed by atoms with Crippen molar-refractivity contribution in [2.24, 2.45) is 0 Å². The molecule has 5 rings (SSSR count). The van der Waals surface area contributed by atoms with Gasteiger partial charge in [0.05, 0.1) is 17.3 Å². The van der Waals surface area contributed by atoms with E-state index in [-0.39, 0.29) is 5.91 Å². The van der Waals surface area contributed by atoms with E-state index in [1.54, 1.807) is 29.2 Å². The van der Waals surface area contributed by atoms with Crippen molar-refractivity contribution in [2.45, 2.75) is 6.54 Å². The summed E-state index contributed by atoms with van der Waals surface area (Å²) in [4.78, 5) is 15.2. The second kappa shape index (κ2) is 9.14. The molecule has 0 radical (unpaired) electrons. The average Bonchev–Trinajstić information content (AvgIpc) is 3.42. The molecule has 0 unspecified atom stereocenters. The number of carbonyl (C=O) groups is 1. The Labute approximate surface area is 202 Å². The Morgan fingerprint density at radius 3 is 2.33 bits per heavy atom. The van der Waals surface area contributed by atoms with E-state index in [0.29, 0.717) is 39.2 Å². The molecule has 3 nitrogen and oxygen atoms in total. The maximum absolute atomic E-state index is 13.4. The van der Waals surface area contributed by atoms with Gasteiger partial charge < -0.3 is 9.32 Å². The van der Waals surface area contributed by atoms with E-state index in [0.717, 1.165) is 16.8 Å². The lowest BCUT2D eigenvalue weighted by atomic mass is 10.1. The number of furan rings is 1. The lowest BCUT2D eigenvalue weighted by molar-refractivity contribution is -0.123. The number of amides is 1. The van der Waals surface area contributed by atoms with E-state index in [1.807, 2.05) is 78.9 Å². The topological polar surface area (TPSA) is 33.5 Å². The highest BCUT2D eigenvalue weighted by molar-refractivity contribution is 6.35. The standard InChI is InChI=1S/C28H19Cl2NO2/c29-22-11-13-25(30)24(17-22)27-14-12-23(33-27)15-21-16-26(20-9-5-2-6-10-20)31(28(21)32)18-19-7-3-1-4-8-19/h1-17H,18H2. The van der Waals surface area contributed by atoms with Crippen LogP contribution in [-0.2, 0) is 11.3 Å². The predicted octanol–water partition coefficient (Wildman–Crippen LogP) is 7.72. The van der Waals surface area contributed by atoms with Crippen LogP contribution in [0.15, 0.2) is 107 Å². The lowest BCUT2D eigenvalue weighted by Crippen LogP contribution is -2.25. The van der Waals surface area contributed by atoms with Gasteiger partial charge in [-0.2, -0.15) is 0 Å². The molecule has 5 heteroatoms. The molecule has 0 saturated heterocycles. The van der Waals surface area contributed by atoms with Crippen molar-refractivity contribution < 1.29 is 9.21 Å². The second-order valence-corrected chi connectivity index (χ2v) is 8.54. The zero-order chi connectivity index (χ0) is 22.8. The summed E-state index contributed by atoms with van der Waals surface area (Å²) < 4.78 is 5.99. The van der Waals surface area contributed by atoms with Crippen molar-refractivity contribution in [1.29, 1.82) is 0 Å². The largest absolute Gasteiger partial charge is 0.457 e. The van der Waals surface area contributed by atoms with Gasteiger partial charge in [0.15, 0.2) is 0 Å². The number of hydrogen-bond acceptors (Lipinski definition) is 2. The Bertz CT molecular complexity index is 1370. The van der Waals surface area contributed by atoms with Crippen LogP contribution < -0.4 is 0 Å². The molecule has 0 aliphatic carbocycles. The lowest BCUT2D eigenvalue weighted by Gasteiger charge is -2.20. The van der Waals surface area contributed by atoms with Crippen LogP contribution in [0.1, 0.15) is 16.9 Å². The Morgan fingerprint density at radius 1 is 0.848 bits per heavy atom. The fraction of sp³-hybridized carbons (Fsp3) is 0.0357. The van der Waals surface area contributed by atoms with Crippen LogP contribution in [-0.4, -0.2) is 10.8 Å². The second-order valence-electron chi connectivity index (χ2n) is 7.70. The minimum Gasteiger partial charge on any atom is -0.457 e. The third-order valence-corrected chi connectivity index (χ3v) is 6.01. The fourth-order valence-electron chi connectivity index (χ4n) is 3.84. The zero-order valence-electron chi connectivity index (χ0n) is 17.5.